The molecule has 0 saturated carbocycles. The van der Waals surface area contributed by atoms with Crippen molar-refractivity contribution in [2.45, 2.75) is 0 Å². The molecule has 144 valence electrons. The third kappa shape index (κ3) is 4.95. The van der Waals surface area contributed by atoms with Gasteiger partial charge in [0.2, 0.25) is 0 Å². The molecular formula is C23H16O6. The summed E-state index contributed by atoms with van der Waals surface area (Å²) >= 11 is 0. The van der Waals surface area contributed by atoms with E-state index in [1.54, 1.807) is 54.6 Å². The van der Waals surface area contributed by atoms with Gasteiger partial charge in [0.05, 0.1) is 5.56 Å². The van der Waals surface area contributed by atoms with Crippen LogP contribution in [-0.2, 0) is 0 Å². The second-order valence-electron chi connectivity index (χ2n) is 6.06. The zero-order chi connectivity index (χ0) is 20.8. The Kier molecular flexibility index (Phi) is 5.85. The molecule has 2 N–H and O–H groups in total. The van der Waals surface area contributed by atoms with E-state index in [1.807, 2.05) is 6.07 Å². The average Bonchev–Trinajstić information content (AvgIpc) is 2.73. The van der Waals surface area contributed by atoms with Gasteiger partial charge in [-0.1, -0.05) is 48.5 Å². The second kappa shape index (κ2) is 8.67. The van der Waals surface area contributed by atoms with Gasteiger partial charge in [0.25, 0.3) is 0 Å². The summed E-state index contributed by atoms with van der Waals surface area (Å²) in [6.45, 7) is 0. The molecule has 0 aliphatic carbocycles. The lowest BCUT2D eigenvalue weighted by Crippen LogP contribution is -2.04. The zero-order valence-electron chi connectivity index (χ0n) is 15.1. The van der Waals surface area contributed by atoms with Crippen molar-refractivity contribution in [3.8, 4) is 11.5 Å². The van der Waals surface area contributed by atoms with Gasteiger partial charge in [-0.3, -0.25) is 4.79 Å². The number of hydrogen-bond acceptors (Lipinski definition) is 4. The lowest BCUT2D eigenvalue weighted by atomic mass is 10.1. The van der Waals surface area contributed by atoms with Crippen molar-refractivity contribution in [3.63, 3.8) is 0 Å². The lowest BCUT2D eigenvalue weighted by Gasteiger charge is -2.09. The number of allylic oxidation sites excluding steroid dienone is 1. The van der Waals surface area contributed by atoms with Crippen LogP contribution in [0.2, 0.25) is 0 Å². The topological polar surface area (TPSA) is 101 Å². The third-order valence-electron chi connectivity index (χ3n) is 4.05. The van der Waals surface area contributed by atoms with E-state index in [0.29, 0.717) is 11.3 Å². The maximum absolute atomic E-state index is 12.1. The smallest absolute Gasteiger partial charge is 0.339 e. The summed E-state index contributed by atoms with van der Waals surface area (Å²) in [7, 11) is 0. The fourth-order valence-corrected chi connectivity index (χ4v) is 2.56. The molecule has 0 radical (unpaired) electrons. The van der Waals surface area contributed by atoms with Crippen molar-refractivity contribution in [2.24, 2.45) is 0 Å². The number of benzene rings is 3. The van der Waals surface area contributed by atoms with E-state index in [4.69, 9.17) is 9.84 Å². The molecule has 0 fully saturated rings. The van der Waals surface area contributed by atoms with Gasteiger partial charge < -0.3 is 14.9 Å². The first-order valence-electron chi connectivity index (χ1n) is 8.60. The Morgan fingerprint density at radius 3 is 2.07 bits per heavy atom. The summed E-state index contributed by atoms with van der Waals surface area (Å²) in [5, 5.41) is 18.3. The van der Waals surface area contributed by atoms with Crippen LogP contribution in [0.5, 0.6) is 11.5 Å². The molecule has 0 amide bonds. The number of carboxylic acid groups (broad SMARTS) is 2. The SMILES string of the molecule is O=C(O)c1ccc(Oc2ccc(C=CC(=O)c3ccccc3)cc2)c(C(=O)O)c1. The molecule has 3 rings (SSSR count). The van der Waals surface area contributed by atoms with Gasteiger partial charge in [-0.2, -0.15) is 0 Å². The summed E-state index contributed by atoms with van der Waals surface area (Å²) in [5.74, 6) is -2.22. The number of aromatic carboxylic acids is 2. The highest BCUT2D eigenvalue weighted by Crippen LogP contribution is 2.27. The quantitative estimate of drug-likeness (QED) is 0.447. The average molecular weight is 388 g/mol. The Morgan fingerprint density at radius 1 is 0.759 bits per heavy atom. The monoisotopic (exact) mass is 388 g/mol. The van der Waals surface area contributed by atoms with E-state index in [-0.39, 0.29) is 22.7 Å². The fraction of sp³-hybridized carbons (Fsp3) is 0. The van der Waals surface area contributed by atoms with Crippen molar-refractivity contribution in [1.82, 2.24) is 0 Å². The predicted molar refractivity (Wildman–Crippen MR) is 107 cm³/mol. The van der Waals surface area contributed by atoms with Crippen molar-refractivity contribution in [1.29, 1.82) is 0 Å². The molecule has 3 aromatic rings. The highest BCUT2D eigenvalue weighted by atomic mass is 16.5. The van der Waals surface area contributed by atoms with Gasteiger partial charge >= 0.3 is 11.9 Å². The van der Waals surface area contributed by atoms with Crippen LogP contribution in [0.15, 0.2) is 78.9 Å². The molecule has 0 spiro atoms. The van der Waals surface area contributed by atoms with Crippen LogP contribution in [-0.4, -0.2) is 27.9 Å². The fourth-order valence-electron chi connectivity index (χ4n) is 2.56. The summed E-state index contributed by atoms with van der Waals surface area (Å²) in [4.78, 5) is 34.5. The molecule has 0 aliphatic heterocycles. The Hall–Kier alpha value is -4.19. The molecule has 0 heterocycles. The van der Waals surface area contributed by atoms with Crippen LogP contribution in [0.4, 0.5) is 0 Å². The van der Waals surface area contributed by atoms with Crippen LogP contribution in [0.1, 0.15) is 36.6 Å². The molecule has 3 aromatic carbocycles. The van der Waals surface area contributed by atoms with Crippen LogP contribution >= 0.6 is 0 Å². The molecular weight excluding hydrogens is 372 g/mol. The number of ether oxygens (including phenoxy) is 1. The highest BCUT2D eigenvalue weighted by molar-refractivity contribution is 6.06. The third-order valence-corrected chi connectivity index (χ3v) is 4.05. The Morgan fingerprint density at radius 2 is 1.45 bits per heavy atom. The van der Waals surface area contributed by atoms with E-state index in [1.165, 1.54) is 18.2 Å². The number of carboxylic acids is 2. The Balaban J connectivity index is 1.74. The molecule has 6 heteroatoms. The zero-order valence-corrected chi connectivity index (χ0v) is 15.1. The van der Waals surface area contributed by atoms with Crippen LogP contribution in [0.3, 0.4) is 0 Å². The van der Waals surface area contributed by atoms with Crippen molar-refractivity contribution in [3.05, 3.63) is 101 Å². The first kappa shape index (κ1) is 19.6. The summed E-state index contributed by atoms with van der Waals surface area (Å²) in [6.07, 6.45) is 3.14. The van der Waals surface area contributed by atoms with Crippen molar-refractivity contribution >= 4 is 23.8 Å². The molecule has 29 heavy (non-hydrogen) atoms. The normalized spacial score (nSPS) is 10.6. The summed E-state index contributed by atoms with van der Waals surface area (Å²) < 4.78 is 5.59. The Labute approximate surface area is 166 Å². The van der Waals surface area contributed by atoms with Crippen LogP contribution < -0.4 is 4.74 Å². The Bertz CT molecular complexity index is 1080. The number of ketones is 1. The van der Waals surface area contributed by atoms with Gasteiger partial charge in [0.15, 0.2) is 5.78 Å². The second-order valence-corrected chi connectivity index (χ2v) is 6.06. The van der Waals surface area contributed by atoms with Gasteiger partial charge in [0, 0.05) is 5.56 Å². The number of rotatable bonds is 7. The largest absolute Gasteiger partial charge is 0.478 e. The van der Waals surface area contributed by atoms with Gasteiger partial charge in [0.1, 0.15) is 17.1 Å². The predicted octanol–water partition coefficient (Wildman–Crippen LogP) is 4.77. The maximum Gasteiger partial charge on any atom is 0.339 e. The van der Waals surface area contributed by atoms with E-state index < -0.39 is 11.9 Å². The van der Waals surface area contributed by atoms with E-state index in [2.05, 4.69) is 0 Å². The number of hydrogen-bond donors (Lipinski definition) is 2. The van der Waals surface area contributed by atoms with E-state index >= 15 is 0 Å². The molecule has 0 bridgehead atoms. The lowest BCUT2D eigenvalue weighted by molar-refractivity contribution is 0.0693. The maximum atomic E-state index is 12.1. The molecule has 6 nitrogen and oxygen atoms in total. The molecule has 0 unspecified atom stereocenters. The summed E-state index contributed by atoms with van der Waals surface area (Å²) in [5.41, 5.74) is 0.969. The molecule has 0 atom stereocenters. The standard InChI is InChI=1S/C23H16O6/c24-20(16-4-2-1-3-5-16)12-8-15-6-10-18(11-7-15)29-21-13-9-17(22(25)26)14-19(21)23(27)28/h1-14H,(H,25,26)(H,27,28). The first-order chi connectivity index (χ1) is 13.9. The highest BCUT2D eigenvalue weighted by Gasteiger charge is 2.15. The van der Waals surface area contributed by atoms with Crippen LogP contribution in [0, 0.1) is 0 Å². The minimum Gasteiger partial charge on any atom is -0.478 e. The van der Waals surface area contributed by atoms with E-state index in [0.717, 1.165) is 11.6 Å². The van der Waals surface area contributed by atoms with E-state index in [9.17, 15) is 19.5 Å². The molecule has 0 aromatic heterocycles. The summed E-state index contributed by atoms with van der Waals surface area (Å²) in [6, 6.07) is 19.2. The van der Waals surface area contributed by atoms with Gasteiger partial charge in [-0.15, -0.1) is 0 Å². The first-order valence-corrected chi connectivity index (χ1v) is 8.60. The minimum absolute atomic E-state index is 0.0325. The van der Waals surface area contributed by atoms with Gasteiger partial charge in [-0.05, 0) is 42.0 Å². The number of carbonyl (C=O) groups excluding carboxylic acids is 1. The molecule has 0 aliphatic rings. The van der Waals surface area contributed by atoms with Crippen molar-refractivity contribution < 1.29 is 29.3 Å². The van der Waals surface area contributed by atoms with Gasteiger partial charge in [-0.25, -0.2) is 9.59 Å². The van der Waals surface area contributed by atoms with Crippen molar-refractivity contribution in [2.75, 3.05) is 0 Å². The minimum atomic E-state index is -1.29. The number of carbonyl (C=O) groups is 3. The molecule has 0 saturated heterocycles. The van der Waals surface area contributed by atoms with Crippen LogP contribution in [0.25, 0.3) is 6.08 Å².